The van der Waals surface area contributed by atoms with Crippen molar-refractivity contribution in [3.05, 3.63) is 34.1 Å². The second-order valence-electron chi connectivity index (χ2n) is 3.86. The van der Waals surface area contributed by atoms with Crippen LogP contribution in [0.4, 0.5) is 0 Å². The van der Waals surface area contributed by atoms with Crippen LogP contribution in [0.5, 0.6) is 5.75 Å². The van der Waals surface area contributed by atoms with Gasteiger partial charge in [-0.2, -0.15) is 0 Å². The summed E-state index contributed by atoms with van der Waals surface area (Å²) in [6.07, 6.45) is 0. The van der Waals surface area contributed by atoms with Gasteiger partial charge in [-0.1, -0.05) is 41.0 Å². The fourth-order valence-corrected chi connectivity index (χ4v) is 2.76. The molecular weight excluding hydrogens is 321 g/mol. The van der Waals surface area contributed by atoms with Crippen LogP contribution >= 0.6 is 35.0 Å². The van der Waals surface area contributed by atoms with E-state index in [1.54, 1.807) is 29.8 Å². The second-order valence-corrected chi connectivity index (χ2v) is 5.74. The first-order valence-corrected chi connectivity index (χ1v) is 7.56. The van der Waals surface area contributed by atoms with Gasteiger partial charge in [0.1, 0.15) is 6.61 Å². The fraction of sp³-hybridized carbons (Fsp3) is 0.333. The van der Waals surface area contributed by atoms with Gasteiger partial charge in [-0.25, -0.2) is 0 Å². The lowest BCUT2D eigenvalue weighted by Gasteiger charge is -2.09. The minimum absolute atomic E-state index is 0.129. The molecule has 0 saturated heterocycles. The predicted molar refractivity (Wildman–Crippen MR) is 79.6 cm³/mol. The molecule has 8 heteroatoms. The number of nitrogens with zero attached hydrogens (tertiary/aromatic N) is 3. The Morgan fingerprint density at radius 2 is 2.00 bits per heavy atom. The van der Waals surface area contributed by atoms with E-state index in [0.29, 0.717) is 34.0 Å². The summed E-state index contributed by atoms with van der Waals surface area (Å²) < 4.78 is 7.31. The summed E-state index contributed by atoms with van der Waals surface area (Å²) in [6.45, 7) is 0.311. The number of halogens is 2. The van der Waals surface area contributed by atoms with Crippen LogP contribution in [-0.4, -0.2) is 32.2 Å². The highest BCUT2D eigenvalue weighted by molar-refractivity contribution is 7.99. The molecule has 0 aliphatic heterocycles. The van der Waals surface area contributed by atoms with Gasteiger partial charge in [0.05, 0.1) is 16.7 Å². The number of aliphatic hydroxyl groups is 1. The molecule has 0 aliphatic carbocycles. The van der Waals surface area contributed by atoms with E-state index < -0.39 is 0 Å². The van der Waals surface area contributed by atoms with E-state index in [1.165, 1.54) is 11.8 Å². The number of para-hydroxylation sites is 1. The van der Waals surface area contributed by atoms with Gasteiger partial charge in [-0.15, -0.1) is 10.2 Å². The maximum atomic E-state index is 9.03. The number of aliphatic hydroxyl groups excluding tert-OH is 1. The summed E-state index contributed by atoms with van der Waals surface area (Å²) in [7, 11) is 1.81. The Morgan fingerprint density at radius 3 is 2.60 bits per heavy atom. The van der Waals surface area contributed by atoms with Crippen molar-refractivity contribution in [2.75, 3.05) is 12.4 Å². The van der Waals surface area contributed by atoms with Crippen molar-refractivity contribution in [2.45, 2.75) is 11.8 Å². The molecule has 5 nitrogen and oxygen atoms in total. The molecule has 1 aromatic carbocycles. The SMILES string of the molecule is Cn1c(CO)nnc1SCCOc1c(Cl)cccc1Cl. The zero-order valence-electron chi connectivity index (χ0n) is 10.7. The Labute approximate surface area is 130 Å². The normalized spacial score (nSPS) is 10.8. The number of rotatable bonds is 6. The molecule has 1 heterocycles. The van der Waals surface area contributed by atoms with E-state index in [2.05, 4.69) is 10.2 Å². The molecule has 0 atom stereocenters. The third-order valence-corrected chi connectivity index (χ3v) is 4.13. The van der Waals surface area contributed by atoms with Crippen molar-refractivity contribution in [3.8, 4) is 5.75 Å². The zero-order chi connectivity index (χ0) is 14.5. The van der Waals surface area contributed by atoms with Crippen LogP contribution in [-0.2, 0) is 13.7 Å². The summed E-state index contributed by atoms with van der Waals surface area (Å²) in [5.74, 6) is 1.69. The molecule has 0 fully saturated rings. The second kappa shape index (κ2) is 7.17. The molecule has 20 heavy (non-hydrogen) atoms. The average molecular weight is 334 g/mol. The number of aromatic nitrogens is 3. The molecule has 108 valence electrons. The molecular formula is C12H13Cl2N3O2S. The maximum absolute atomic E-state index is 9.03. The number of thioether (sulfide) groups is 1. The van der Waals surface area contributed by atoms with E-state index >= 15 is 0 Å². The van der Waals surface area contributed by atoms with Crippen molar-refractivity contribution in [1.82, 2.24) is 14.8 Å². The minimum atomic E-state index is -0.129. The molecule has 0 bridgehead atoms. The van der Waals surface area contributed by atoms with Crippen LogP contribution in [0.15, 0.2) is 23.4 Å². The molecule has 0 aliphatic rings. The van der Waals surface area contributed by atoms with Crippen molar-refractivity contribution in [3.63, 3.8) is 0 Å². The van der Waals surface area contributed by atoms with Crippen molar-refractivity contribution < 1.29 is 9.84 Å². The lowest BCUT2D eigenvalue weighted by Crippen LogP contribution is -2.03. The van der Waals surface area contributed by atoms with Crippen LogP contribution in [0, 0.1) is 0 Å². The van der Waals surface area contributed by atoms with Crippen molar-refractivity contribution in [2.24, 2.45) is 7.05 Å². The summed E-state index contributed by atoms with van der Waals surface area (Å²) in [5, 5.41) is 18.6. The monoisotopic (exact) mass is 333 g/mol. The molecule has 0 unspecified atom stereocenters. The topological polar surface area (TPSA) is 60.2 Å². The third-order valence-electron chi connectivity index (χ3n) is 2.55. The van der Waals surface area contributed by atoms with Crippen LogP contribution in [0.25, 0.3) is 0 Å². The van der Waals surface area contributed by atoms with Gasteiger partial charge in [0.25, 0.3) is 0 Å². The fourth-order valence-electron chi connectivity index (χ4n) is 1.51. The Bertz CT molecular complexity index is 572. The van der Waals surface area contributed by atoms with E-state index in [0.717, 1.165) is 5.16 Å². The highest BCUT2D eigenvalue weighted by Crippen LogP contribution is 2.32. The van der Waals surface area contributed by atoms with E-state index in [9.17, 15) is 0 Å². The third kappa shape index (κ3) is 3.58. The molecule has 2 rings (SSSR count). The van der Waals surface area contributed by atoms with Gasteiger partial charge in [0, 0.05) is 12.8 Å². The average Bonchev–Trinajstić information content (AvgIpc) is 2.78. The van der Waals surface area contributed by atoms with Gasteiger partial charge in [-0.3, -0.25) is 0 Å². The van der Waals surface area contributed by atoms with E-state index in [4.69, 9.17) is 33.0 Å². The van der Waals surface area contributed by atoms with Gasteiger partial charge < -0.3 is 14.4 Å². The first-order chi connectivity index (χ1) is 9.63. The predicted octanol–water partition coefficient (Wildman–Crippen LogP) is 2.79. The van der Waals surface area contributed by atoms with Gasteiger partial charge in [-0.05, 0) is 12.1 Å². The smallest absolute Gasteiger partial charge is 0.191 e. The lowest BCUT2D eigenvalue weighted by atomic mass is 10.3. The van der Waals surface area contributed by atoms with Gasteiger partial charge in [0.15, 0.2) is 16.7 Å². The minimum Gasteiger partial charge on any atom is -0.490 e. The number of hydrogen-bond acceptors (Lipinski definition) is 5. The molecule has 0 saturated carbocycles. The highest BCUT2D eigenvalue weighted by Gasteiger charge is 2.09. The van der Waals surface area contributed by atoms with Gasteiger partial charge in [0.2, 0.25) is 0 Å². The van der Waals surface area contributed by atoms with Crippen LogP contribution < -0.4 is 4.74 Å². The Kier molecular flexibility index (Phi) is 5.54. The first kappa shape index (κ1) is 15.4. The van der Waals surface area contributed by atoms with Crippen LogP contribution in [0.3, 0.4) is 0 Å². The molecule has 1 aromatic heterocycles. The van der Waals surface area contributed by atoms with Crippen LogP contribution in [0.1, 0.15) is 5.82 Å². The Balaban J connectivity index is 1.86. The Hall–Kier alpha value is -0.950. The number of benzene rings is 1. The quantitative estimate of drug-likeness (QED) is 0.650. The molecule has 2 aromatic rings. The standard InChI is InChI=1S/C12H13Cl2N3O2S/c1-17-10(7-18)15-16-12(17)20-6-5-19-11-8(13)3-2-4-9(11)14/h2-4,18H,5-7H2,1H3. The molecule has 1 N–H and O–H groups in total. The van der Waals surface area contributed by atoms with Gasteiger partial charge >= 0.3 is 0 Å². The maximum Gasteiger partial charge on any atom is 0.191 e. The number of ether oxygens (including phenoxy) is 1. The lowest BCUT2D eigenvalue weighted by molar-refractivity contribution is 0.266. The van der Waals surface area contributed by atoms with Crippen LogP contribution in [0.2, 0.25) is 10.0 Å². The Morgan fingerprint density at radius 1 is 1.30 bits per heavy atom. The molecule has 0 amide bonds. The van der Waals surface area contributed by atoms with E-state index in [1.807, 2.05) is 0 Å². The molecule has 0 radical (unpaired) electrons. The summed E-state index contributed by atoms with van der Waals surface area (Å²) >= 11 is 13.5. The summed E-state index contributed by atoms with van der Waals surface area (Å²) in [4.78, 5) is 0. The summed E-state index contributed by atoms with van der Waals surface area (Å²) in [5.41, 5.74) is 0. The van der Waals surface area contributed by atoms with E-state index in [-0.39, 0.29) is 6.61 Å². The zero-order valence-corrected chi connectivity index (χ0v) is 13.0. The summed E-state index contributed by atoms with van der Waals surface area (Å²) in [6, 6.07) is 5.22. The first-order valence-electron chi connectivity index (χ1n) is 5.82. The number of hydrogen-bond donors (Lipinski definition) is 1. The largest absolute Gasteiger partial charge is 0.490 e. The van der Waals surface area contributed by atoms with Crippen molar-refractivity contribution in [1.29, 1.82) is 0 Å². The van der Waals surface area contributed by atoms with Crippen molar-refractivity contribution >= 4 is 35.0 Å². The highest BCUT2D eigenvalue weighted by atomic mass is 35.5. The molecule has 0 spiro atoms.